The fourth-order valence-electron chi connectivity index (χ4n) is 1.28. The van der Waals surface area contributed by atoms with Crippen LogP contribution in [-0.2, 0) is 24.8 Å². The molecule has 2 heteroatoms. The third kappa shape index (κ3) is 3.36. The van der Waals surface area contributed by atoms with Crippen molar-refractivity contribution in [2.45, 2.75) is 47.0 Å². The van der Waals surface area contributed by atoms with Gasteiger partial charge in [0.25, 0.3) is 0 Å². The second-order valence-corrected chi connectivity index (χ2v) is 8.41. The van der Waals surface area contributed by atoms with Crippen molar-refractivity contribution in [3.8, 4) is 0 Å². The van der Waals surface area contributed by atoms with Crippen molar-refractivity contribution in [2.75, 3.05) is 0 Å². The van der Waals surface area contributed by atoms with Gasteiger partial charge >= 0.3 is 109 Å². The van der Waals surface area contributed by atoms with Crippen molar-refractivity contribution in [1.82, 2.24) is 0 Å². The molecule has 0 spiro atoms. The first-order chi connectivity index (χ1) is 6.62. The van der Waals surface area contributed by atoms with Gasteiger partial charge in [0.2, 0.25) is 0 Å². The Kier molecular flexibility index (Phi) is 3.78. The predicted octanol–water partition coefficient (Wildman–Crippen LogP) is 4.16. The summed E-state index contributed by atoms with van der Waals surface area (Å²) < 4.78 is 1.56. The molecule has 0 aliphatic carbocycles. The van der Waals surface area contributed by atoms with Crippen molar-refractivity contribution in [3.63, 3.8) is 0 Å². The van der Waals surface area contributed by atoms with Crippen LogP contribution in [0.25, 0.3) is 0 Å². The van der Waals surface area contributed by atoms with Gasteiger partial charge in [0.1, 0.15) is 0 Å². The molecule has 0 bridgehead atoms. The van der Waals surface area contributed by atoms with Crippen molar-refractivity contribution in [3.05, 3.63) is 21.9 Å². The molecule has 0 saturated heterocycles. The molecule has 0 N–H and O–H groups in total. The fourth-order valence-corrected chi connectivity index (χ4v) is 2.99. The van der Waals surface area contributed by atoms with Crippen LogP contribution in [0.15, 0.2) is 11.4 Å². The quantitative estimate of drug-likeness (QED) is 0.674. The maximum absolute atomic E-state index is 2.37. The molecule has 1 heterocycles. The van der Waals surface area contributed by atoms with Gasteiger partial charge in [-0.1, -0.05) is 0 Å². The van der Waals surface area contributed by atoms with Crippen LogP contribution in [0.4, 0.5) is 0 Å². The molecule has 0 aliphatic heterocycles. The summed E-state index contributed by atoms with van der Waals surface area (Å²) in [6.45, 7) is 13.7. The van der Waals surface area contributed by atoms with Gasteiger partial charge in [0.15, 0.2) is 0 Å². The summed E-state index contributed by atoms with van der Waals surface area (Å²) in [5, 5.41) is 2.31. The predicted molar refractivity (Wildman–Crippen MR) is 66.6 cm³/mol. The first-order valence-corrected chi connectivity index (χ1v) is 7.61. The van der Waals surface area contributed by atoms with Gasteiger partial charge in [-0.15, -0.1) is 0 Å². The first-order valence-electron chi connectivity index (χ1n) is 5.26. The van der Waals surface area contributed by atoms with Crippen LogP contribution in [-0.4, -0.2) is 3.90 Å². The van der Waals surface area contributed by atoms with E-state index in [4.69, 9.17) is 0 Å². The number of hydrogen-bond donors (Lipinski definition) is 0. The summed E-state index contributed by atoms with van der Waals surface area (Å²) in [5.41, 5.74) is 2.05. The molecule has 0 fully saturated rings. The zero-order valence-electron chi connectivity index (χ0n) is 10.5. The standard InChI is InChI=1S/C13H20S.W/c1-12(2,3)8-10-7-11(14-9-10)13(4,5)6;/h7,9H,1-6H3;. The third-order valence-electron chi connectivity index (χ3n) is 2.28. The van der Waals surface area contributed by atoms with Crippen LogP contribution in [0.1, 0.15) is 52.0 Å². The first kappa shape index (κ1) is 13.3. The molecular weight excluding hydrogens is 372 g/mol. The van der Waals surface area contributed by atoms with E-state index < -0.39 is 0 Å². The average Bonchev–Trinajstić information content (AvgIpc) is 2.47. The molecule has 0 amide bonds. The van der Waals surface area contributed by atoms with Gasteiger partial charge in [-0.3, -0.25) is 0 Å². The number of hydrogen-bond acceptors (Lipinski definition) is 1. The summed E-state index contributed by atoms with van der Waals surface area (Å²) in [5.74, 6) is 0. The van der Waals surface area contributed by atoms with E-state index in [1.807, 2.05) is 11.3 Å². The molecule has 0 saturated carbocycles. The van der Waals surface area contributed by atoms with Crippen LogP contribution in [0.5, 0.6) is 0 Å². The molecule has 0 radical (unpaired) electrons. The molecule has 15 heavy (non-hydrogen) atoms. The molecule has 0 aliphatic rings. The van der Waals surface area contributed by atoms with Gasteiger partial charge in [0, 0.05) is 0 Å². The Balaban J connectivity index is 3.01. The van der Waals surface area contributed by atoms with Crippen LogP contribution in [0.3, 0.4) is 0 Å². The molecule has 0 aromatic carbocycles. The number of thiophene rings is 1. The molecule has 1 aromatic rings. The Morgan fingerprint density at radius 3 is 2.00 bits per heavy atom. The third-order valence-corrected chi connectivity index (χ3v) is 6.68. The summed E-state index contributed by atoms with van der Waals surface area (Å²) in [6.07, 6.45) is 0. The van der Waals surface area contributed by atoms with Gasteiger partial charge in [-0.05, 0) is 0 Å². The molecule has 84 valence electrons. The molecule has 0 unspecified atom stereocenters. The van der Waals surface area contributed by atoms with E-state index in [2.05, 4.69) is 53.0 Å². The monoisotopic (exact) mass is 392 g/mol. The zero-order chi connectivity index (χ0) is 11.9. The van der Waals surface area contributed by atoms with Crippen LogP contribution >= 0.6 is 11.3 Å². The van der Waals surface area contributed by atoms with Crippen molar-refractivity contribution in [2.24, 2.45) is 5.41 Å². The Morgan fingerprint density at radius 2 is 1.67 bits per heavy atom. The molecular formula is C13H20SW. The van der Waals surface area contributed by atoms with Gasteiger partial charge < -0.3 is 0 Å². The van der Waals surface area contributed by atoms with Gasteiger partial charge in [-0.25, -0.2) is 0 Å². The van der Waals surface area contributed by atoms with E-state index in [1.165, 1.54) is 10.4 Å². The second kappa shape index (κ2) is 4.26. The SMILES string of the molecule is CC(C)(C)[C](=[W])c1csc(C(C)(C)C)c1. The Bertz CT molecular complexity index is 361. The van der Waals surface area contributed by atoms with E-state index in [0.29, 0.717) is 5.41 Å². The number of rotatable bonds is 1. The molecule has 1 rings (SSSR count). The van der Waals surface area contributed by atoms with Crippen LogP contribution in [0.2, 0.25) is 0 Å². The second-order valence-electron chi connectivity index (χ2n) is 6.03. The molecule has 1 aromatic heterocycles. The van der Waals surface area contributed by atoms with Crippen molar-refractivity contribution in [1.29, 1.82) is 0 Å². The van der Waals surface area contributed by atoms with E-state index in [1.54, 1.807) is 23.3 Å². The summed E-state index contributed by atoms with van der Waals surface area (Å²) in [7, 11) is 0. The van der Waals surface area contributed by atoms with E-state index in [0.717, 1.165) is 0 Å². The van der Waals surface area contributed by atoms with Crippen LogP contribution < -0.4 is 0 Å². The Morgan fingerprint density at radius 1 is 1.13 bits per heavy atom. The molecule has 0 atom stereocenters. The topological polar surface area (TPSA) is 0 Å². The van der Waals surface area contributed by atoms with Gasteiger partial charge in [-0.2, -0.15) is 0 Å². The average molecular weight is 392 g/mol. The van der Waals surface area contributed by atoms with Crippen molar-refractivity contribution >= 4 is 15.2 Å². The minimum atomic E-state index is 0.288. The summed E-state index contributed by atoms with van der Waals surface area (Å²) >= 11 is 3.49. The minimum absolute atomic E-state index is 0.288. The van der Waals surface area contributed by atoms with Crippen molar-refractivity contribution < 1.29 is 19.4 Å². The van der Waals surface area contributed by atoms with E-state index in [9.17, 15) is 0 Å². The van der Waals surface area contributed by atoms with E-state index >= 15 is 0 Å². The Hall–Kier alpha value is 0.258. The maximum atomic E-state index is 2.37. The zero-order valence-corrected chi connectivity index (χ0v) is 14.2. The van der Waals surface area contributed by atoms with E-state index in [-0.39, 0.29) is 5.41 Å². The fraction of sp³-hybridized carbons (Fsp3) is 0.615. The van der Waals surface area contributed by atoms with Gasteiger partial charge in [0.05, 0.1) is 0 Å². The van der Waals surface area contributed by atoms with Crippen LogP contribution in [0, 0.1) is 5.41 Å². The summed E-state index contributed by atoms with van der Waals surface area (Å²) in [6, 6.07) is 2.37. The summed E-state index contributed by atoms with van der Waals surface area (Å²) in [4.78, 5) is 1.49. The Labute approximate surface area is 109 Å². The molecule has 0 nitrogen and oxygen atoms in total. The normalized spacial score (nSPS) is 12.9.